The predicted octanol–water partition coefficient (Wildman–Crippen LogP) is 2.29. The SMILES string of the molecule is C=Cc1c(N=C)ccc([N+](=O)[O-])c1CC(=O)OC. The molecule has 0 saturated heterocycles. The number of hydrogen-bond donors (Lipinski definition) is 0. The Labute approximate surface area is 104 Å². The van der Waals surface area contributed by atoms with Crippen LogP contribution in [0, 0.1) is 10.1 Å². The first-order chi connectivity index (χ1) is 8.54. The molecule has 0 spiro atoms. The first kappa shape index (κ1) is 13.6. The maximum Gasteiger partial charge on any atom is 0.310 e. The van der Waals surface area contributed by atoms with Crippen molar-refractivity contribution in [2.45, 2.75) is 6.42 Å². The normalized spacial score (nSPS) is 9.61. The highest BCUT2D eigenvalue weighted by Gasteiger charge is 2.21. The fourth-order valence-corrected chi connectivity index (χ4v) is 1.58. The largest absolute Gasteiger partial charge is 0.469 e. The van der Waals surface area contributed by atoms with Crippen LogP contribution in [0.3, 0.4) is 0 Å². The summed E-state index contributed by atoms with van der Waals surface area (Å²) in [5.41, 5.74) is 0.925. The second kappa shape index (κ2) is 5.72. The average Bonchev–Trinajstić information content (AvgIpc) is 2.37. The summed E-state index contributed by atoms with van der Waals surface area (Å²) in [6.45, 7) is 6.94. The lowest BCUT2D eigenvalue weighted by atomic mass is 10.0. The number of methoxy groups -OCH3 is 1. The number of nitro groups is 1. The molecule has 0 aliphatic carbocycles. The van der Waals surface area contributed by atoms with Gasteiger partial charge in [0, 0.05) is 11.6 Å². The second-order valence-corrected chi connectivity index (χ2v) is 3.37. The molecule has 0 aromatic heterocycles. The fourth-order valence-electron chi connectivity index (χ4n) is 1.58. The third-order valence-corrected chi connectivity index (χ3v) is 2.43. The maximum atomic E-state index is 11.3. The van der Waals surface area contributed by atoms with Crippen LogP contribution in [0.2, 0.25) is 0 Å². The monoisotopic (exact) mass is 248 g/mol. The Bertz CT molecular complexity index is 523. The van der Waals surface area contributed by atoms with Crippen LogP contribution in [0.15, 0.2) is 23.7 Å². The van der Waals surface area contributed by atoms with Crippen LogP contribution in [-0.4, -0.2) is 24.7 Å². The van der Waals surface area contributed by atoms with E-state index < -0.39 is 10.9 Å². The van der Waals surface area contributed by atoms with Crippen molar-refractivity contribution in [1.29, 1.82) is 0 Å². The van der Waals surface area contributed by atoms with Gasteiger partial charge in [0.15, 0.2) is 0 Å². The van der Waals surface area contributed by atoms with E-state index in [0.29, 0.717) is 11.3 Å². The molecule has 0 unspecified atom stereocenters. The fraction of sp³-hybridized carbons (Fsp3) is 0.167. The van der Waals surface area contributed by atoms with Crippen molar-refractivity contribution in [3.63, 3.8) is 0 Å². The lowest BCUT2D eigenvalue weighted by Crippen LogP contribution is -2.08. The number of aliphatic imine (C=N–C) groups is 1. The number of carbonyl (C=O) groups excluding carboxylic acids is 1. The van der Waals surface area contributed by atoms with Crippen LogP contribution >= 0.6 is 0 Å². The Morgan fingerprint density at radius 3 is 2.72 bits per heavy atom. The molecule has 0 N–H and O–H groups in total. The van der Waals surface area contributed by atoms with Crippen LogP contribution < -0.4 is 0 Å². The van der Waals surface area contributed by atoms with Crippen molar-refractivity contribution >= 4 is 30.1 Å². The molecular weight excluding hydrogens is 236 g/mol. The number of nitro benzene ring substituents is 1. The molecule has 1 aromatic rings. The molecule has 0 aliphatic heterocycles. The summed E-state index contributed by atoms with van der Waals surface area (Å²) in [4.78, 5) is 25.4. The highest BCUT2D eigenvalue weighted by atomic mass is 16.6. The van der Waals surface area contributed by atoms with Gasteiger partial charge in [-0.05, 0) is 12.8 Å². The molecule has 1 aromatic carbocycles. The van der Waals surface area contributed by atoms with Crippen molar-refractivity contribution in [2.75, 3.05) is 7.11 Å². The molecule has 0 fully saturated rings. The summed E-state index contributed by atoms with van der Waals surface area (Å²) in [5, 5.41) is 10.9. The van der Waals surface area contributed by atoms with E-state index >= 15 is 0 Å². The van der Waals surface area contributed by atoms with Gasteiger partial charge in [0.05, 0.1) is 29.7 Å². The van der Waals surface area contributed by atoms with Gasteiger partial charge in [0.25, 0.3) is 5.69 Å². The summed E-state index contributed by atoms with van der Waals surface area (Å²) in [6.07, 6.45) is 1.20. The van der Waals surface area contributed by atoms with E-state index in [2.05, 4.69) is 23.0 Å². The molecule has 0 amide bonds. The summed E-state index contributed by atoms with van der Waals surface area (Å²) >= 11 is 0. The molecule has 6 heteroatoms. The molecule has 0 aliphatic rings. The minimum Gasteiger partial charge on any atom is -0.469 e. The standard InChI is InChI=1S/C12H12N2O4/c1-4-8-9(7-12(15)18-3)11(14(16)17)6-5-10(8)13-2/h4-6H,1-2,7H2,3H3. The molecule has 1 rings (SSSR count). The number of hydrogen-bond acceptors (Lipinski definition) is 5. The van der Waals surface area contributed by atoms with E-state index in [0.717, 1.165) is 0 Å². The van der Waals surface area contributed by atoms with Crippen molar-refractivity contribution in [3.05, 3.63) is 40.0 Å². The van der Waals surface area contributed by atoms with Crippen molar-refractivity contribution in [2.24, 2.45) is 4.99 Å². The van der Waals surface area contributed by atoms with Crippen molar-refractivity contribution < 1.29 is 14.5 Å². The minimum absolute atomic E-state index is 0.164. The molecule has 0 heterocycles. The molecule has 0 atom stereocenters. The zero-order valence-electron chi connectivity index (χ0n) is 9.88. The van der Waals surface area contributed by atoms with Crippen LogP contribution in [-0.2, 0) is 16.0 Å². The van der Waals surface area contributed by atoms with Gasteiger partial charge >= 0.3 is 5.97 Å². The molecule has 18 heavy (non-hydrogen) atoms. The highest BCUT2D eigenvalue weighted by molar-refractivity contribution is 5.80. The molecule has 0 saturated carbocycles. The first-order valence-electron chi connectivity index (χ1n) is 5.01. The number of esters is 1. The van der Waals surface area contributed by atoms with E-state index in [1.807, 2.05) is 0 Å². The summed E-state index contributed by atoms with van der Waals surface area (Å²) in [7, 11) is 1.22. The first-order valence-corrected chi connectivity index (χ1v) is 5.01. The van der Waals surface area contributed by atoms with E-state index in [9.17, 15) is 14.9 Å². The van der Waals surface area contributed by atoms with E-state index in [1.54, 1.807) is 0 Å². The zero-order chi connectivity index (χ0) is 13.7. The summed E-state index contributed by atoms with van der Waals surface area (Å²) in [6, 6.07) is 2.75. The van der Waals surface area contributed by atoms with Gasteiger partial charge in [-0.25, -0.2) is 0 Å². The number of ether oxygens (including phenoxy) is 1. The quantitative estimate of drug-likeness (QED) is 0.346. The Morgan fingerprint density at radius 1 is 1.61 bits per heavy atom. The average molecular weight is 248 g/mol. The molecule has 94 valence electrons. The van der Waals surface area contributed by atoms with Crippen LogP contribution in [0.25, 0.3) is 6.08 Å². The maximum absolute atomic E-state index is 11.3. The van der Waals surface area contributed by atoms with Gasteiger partial charge in [-0.2, -0.15) is 0 Å². The van der Waals surface area contributed by atoms with Gasteiger partial charge in [0.2, 0.25) is 0 Å². The Morgan fingerprint density at radius 2 is 2.28 bits per heavy atom. The highest BCUT2D eigenvalue weighted by Crippen LogP contribution is 2.31. The number of carbonyl (C=O) groups is 1. The smallest absolute Gasteiger partial charge is 0.310 e. The van der Waals surface area contributed by atoms with Crippen LogP contribution in [0.1, 0.15) is 11.1 Å². The lowest BCUT2D eigenvalue weighted by molar-refractivity contribution is -0.385. The van der Waals surface area contributed by atoms with E-state index in [-0.39, 0.29) is 17.7 Å². The van der Waals surface area contributed by atoms with Crippen molar-refractivity contribution in [3.8, 4) is 0 Å². The molecule has 0 radical (unpaired) electrons. The van der Waals surface area contributed by atoms with Gasteiger partial charge in [-0.3, -0.25) is 19.9 Å². The summed E-state index contributed by atoms with van der Waals surface area (Å²) < 4.78 is 4.52. The van der Waals surface area contributed by atoms with Crippen molar-refractivity contribution in [1.82, 2.24) is 0 Å². The van der Waals surface area contributed by atoms with Crippen LogP contribution in [0.4, 0.5) is 11.4 Å². The number of benzene rings is 1. The summed E-state index contributed by atoms with van der Waals surface area (Å²) in [5.74, 6) is -0.567. The topological polar surface area (TPSA) is 81.8 Å². The Kier molecular flexibility index (Phi) is 4.31. The van der Waals surface area contributed by atoms with Crippen LogP contribution in [0.5, 0.6) is 0 Å². The number of nitrogens with zero attached hydrogens (tertiary/aromatic N) is 2. The molecule has 6 nitrogen and oxygen atoms in total. The molecule has 0 bridgehead atoms. The Balaban J connectivity index is 3.47. The minimum atomic E-state index is -0.567. The van der Waals surface area contributed by atoms with E-state index in [4.69, 9.17) is 0 Å². The van der Waals surface area contributed by atoms with Gasteiger partial charge < -0.3 is 4.74 Å². The second-order valence-electron chi connectivity index (χ2n) is 3.37. The Hall–Kier alpha value is -2.50. The third kappa shape index (κ3) is 2.60. The zero-order valence-corrected chi connectivity index (χ0v) is 9.88. The van der Waals surface area contributed by atoms with Gasteiger partial charge in [-0.15, -0.1) is 0 Å². The number of rotatable bonds is 5. The molecular formula is C12H12N2O4. The van der Waals surface area contributed by atoms with Gasteiger partial charge in [0.1, 0.15) is 0 Å². The third-order valence-electron chi connectivity index (χ3n) is 2.43. The van der Waals surface area contributed by atoms with Gasteiger partial charge in [-0.1, -0.05) is 12.7 Å². The predicted molar refractivity (Wildman–Crippen MR) is 68.1 cm³/mol. The lowest BCUT2D eigenvalue weighted by Gasteiger charge is -2.08. The van der Waals surface area contributed by atoms with E-state index in [1.165, 1.54) is 25.3 Å².